The molecule has 17 heavy (non-hydrogen) atoms. The van der Waals surface area contributed by atoms with E-state index in [1.165, 1.54) is 5.56 Å². The minimum absolute atomic E-state index is 0.564. The maximum atomic E-state index is 5.67. The summed E-state index contributed by atoms with van der Waals surface area (Å²) in [7, 11) is 2.07. The summed E-state index contributed by atoms with van der Waals surface area (Å²) in [6.07, 6.45) is 2.77. The predicted octanol–water partition coefficient (Wildman–Crippen LogP) is 2.34. The molecule has 0 fully saturated rings. The van der Waals surface area contributed by atoms with E-state index in [0.717, 1.165) is 18.7 Å². The van der Waals surface area contributed by atoms with Gasteiger partial charge >= 0.3 is 0 Å². The van der Waals surface area contributed by atoms with Crippen LogP contribution in [0.25, 0.3) is 0 Å². The molecule has 0 atom stereocenters. The van der Waals surface area contributed by atoms with E-state index < -0.39 is 0 Å². The first-order valence-corrected chi connectivity index (χ1v) is 5.72. The molecule has 0 saturated heterocycles. The Bertz CT molecular complexity index is 468. The van der Waals surface area contributed by atoms with Crippen LogP contribution in [0.2, 0.25) is 0 Å². The Morgan fingerprint density at radius 2 is 1.94 bits per heavy atom. The number of nitrogen functional groups attached to an aromatic ring is 1. The van der Waals surface area contributed by atoms with Crippen molar-refractivity contribution in [3.05, 3.63) is 54.2 Å². The average molecular weight is 227 g/mol. The maximum absolute atomic E-state index is 5.67. The van der Waals surface area contributed by atoms with Gasteiger partial charge in [0.25, 0.3) is 0 Å². The van der Waals surface area contributed by atoms with Crippen LogP contribution in [0.3, 0.4) is 0 Å². The molecule has 0 unspecified atom stereocenters. The summed E-state index contributed by atoms with van der Waals surface area (Å²) in [5, 5.41) is 0. The molecule has 1 heterocycles. The van der Waals surface area contributed by atoms with Gasteiger partial charge in [-0.15, -0.1) is 0 Å². The molecule has 0 radical (unpaired) electrons. The standard InChI is InChI=1S/C14H17N3/c1-17(13-7-9-16-14(15)11-13)10-8-12-5-3-2-4-6-12/h2-7,9,11H,8,10H2,1H3,(H2,15,16). The van der Waals surface area contributed by atoms with Gasteiger partial charge in [-0.25, -0.2) is 4.98 Å². The van der Waals surface area contributed by atoms with Crippen LogP contribution >= 0.6 is 0 Å². The second-order valence-corrected chi connectivity index (χ2v) is 4.10. The van der Waals surface area contributed by atoms with E-state index in [2.05, 4.69) is 41.2 Å². The Balaban J connectivity index is 1.96. The molecule has 0 aliphatic rings. The molecule has 3 nitrogen and oxygen atoms in total. The minimum Gasteiger partial charge on any atom is -0.384 e. The van der Waals surface area contributed by atoms with Gasteiger partial charge in [0.1, 0.15) is 5.82 Å². The molecule has 0 aliphatic carbocycles. The van der Waals surface area contributed by atoms with Gasteiger partial charge in [-0.2, -0.15) is 0 Å². The number of hydrogen-bond donors (Lipinski definition) is 1. The third kappa shape index (κ3) is 3.21. The number of benzene rings is 1. The number of hydrogen-bond acceptors (Lipinski definition) is 3. The first-order chi connectivity index (χ1) is 8.25. The molecule has 0 amide bonds. The highest BCUT2D eigenvalue weighted by atomic mass is 15.1. The summed E-state index contributed by atoms with van der Waals surface area (Å²) in [4.78, 5) is 6.18. The number of rotatable bonds is 4. The molecule has 0 bridgehead atoms. The number of aromatic nitrogens is 1. The zero-order chi connectivity index (χ0) is 12.1. The molecule has 88 valence electrons. The lowest BCUT2D eigenvalue weighted by atomic mass is 10.1. The quantitative estimate of drug-likeness (QED) is 0.871. The molecule has 1 aromatic heterocycles. The van der Waals surface area contributed by atoms with Gasteiger partial charge in [-0.3, -0.25) is 0 Å². The van der Waals surface area contributed by atoms with Crippen molar-refractivity contribution in [1.29, 1.82) is 0 Å². The molecule has 1 aromatic carbocycles. The van der Waals surface area contributed by atoms with Crippen molar-refractivity contribution < 1.29 is 0 Å². The van der Waals surface area contributed by atoms with Crippen LogP contribution in [0.4, 0.5) is 11.5 Å². The van der Waals surface area contributed by atoms with E-state index in [0.29, 0.717) is 5.82 Å². The van der Waals surface area contributed by atoms with Gasteiger partial charge < -0.3 is 10.6 Å². The van der Waals surface area contributed by atoms with Crippen LogP contribution in [0.1, 0.15) is 5.56 Å². The molecule has 2 aromatic rings. The van der Waals surface area contributed by atoms with Crippen molar-refractivity contribution in [3.8, 4) is 0 Å². The second-order valence-electron chi connectivity index (χ2n) is 4.10. The van der Waals surface area contributed by atoms with Gasteiger partial charge in [-0.05, 0) is 18.1 Å². The van der Waals surface area contributed by atoms with Crippen LogP contribution in [0.5, 0.6) is 0 Å². The van der Waals surface area contributed by atoms with Crippen LogP contribution in [-0.2, 0) is 6.42 Å². The van der Waals surface area contributed by atoms with Crippen LogP contribution < -0.4 is 10.6 Å². The van der Waals surface area contributed by atoms with Gasteiger partial charge in [0, 0.05) is 31.5 Å². The highest BCUT2D eigenvalue weighted by Gasteiger charge is 2.01. The van der Waals surface area contributed by atoms with Crippen molar-refractivity contribution in [2.45, 2.75) is 6.42 Å². The summed E-state index contributed by atoms with van der Waals surface area (Å²) in [5.41, 5.74) is 8.12. The van der Waals surface area contributed by atoms with E-state index in [1.807, 2.05) is 18.2 Å². The largest absolute Gasteiger partial charge is 0.384 e. The molecule has 2 N–H and O–H groups in total. The topological polar surface area (TPSA) is 42.2 Å². The highest BCUT2D eigenvalue weighted by molar-refractivity contribution is 5.51. The van der Waals surface area contributed by atoms with E-state index in [4.69, 9.17) is 5.73 Å². The first-order valence-electron chi connectivity index (χ1n) is 5.72. The Hall–Kier alpha value is -2.03. The maximum Gasteiger partial charge on any atom is 0.125 e. The highest BCUT2D eigenvalue weighted by Crippen LogP contribution is 2.14. The fraction of sp³-hybridized carbons (Fsp3) is 0.214. The fourth-order valence-electron chi connectivity index (χ4n) is 1.74. The summed E-state index contributed by atoms with van der Waals surface area (Å²) in [6, 6.07) is 14.3. The first kappa shape index (κ1) is 11.5. The van der Waals surface area contributed by atoms with Crippen molar-refractivity contribution in [2.24, 2.45) is 0 Å². The van der Waals surface area contributed by atoms with Gasteiger partial charge in [0.2, 0.25) is 0 Å². The molecular formula is C14H17N3. The summed E-state index contributed by atoms with van der Waals surface area (Å²) in [5.74, 6) is 0.564. The second kappa shape index (κ2) is 5.34. The van der Waals surface area contributed by atoms with Crippen LogP contribution in [0.15, 0.2) is 48.7 Å². The zero-order valence-corrected chi connectivity index (χ0v) is 10.0. The lowest BCUT2D eigenvalue weighted by Gasteiger charge is -2.19. The van der Waals surface area contributed by atoms with E-state index in [1.54, 1.807) is 6.20 Å². The summed E-state index contributed by atoms with van der Waals surface area (Å²) < 4.78 is 0. The minimum atomic E-state index is 0.564. The Morgan fingerprint density at radius 1 is 1.18 bits per heavy atom. The number of nitrogens with zero attached hydrogens (tertiary/aromatic N) is 2. The summed E-state index contributed by atoms with van der Waals surface area (Å²) >= 11 is 0. The van der Waals surface area contributed by atoms with Crippen molar-refractivity contribution in [3.63, 3.8) is 0 Å². The van der Waals surface area contributed by atoms with Crippen LogP contribution in [-0.4, -0.2) is 18.6 Å². The normalized spacial score (nSPS) is 10.2. The van der Waals surface area contributed by atoms with Crippen molar-refractivity contribution in [1.82, 2.24) is 4.98 Å². The third-order valence-electron chi connectivity index (χ3n) is 2.78. The van der Waals surface area contributed by atoms with Gasteiger partial charge in [0.05, 0.1) is 0 Å². The smallest absolute Gasteiger partial charge is 0.125 e. The Kier molecular flexibility index (Phi) is 3.60. The number of likely N-dealkylation sites (N-methyl/N-ethyl adjacent to an activating group) is 1. The average Bonchev–Trinajstić information content (AvgIpc) is 2.37. The molecule has 0 spiro atoms. The number of nitrogens with two attached hydrogens (primary N) is 1. The lowest BCUT2D eigenvalue weighted by molar-refractivity contribution is 0.876. The predicted molar refractivity (Wildman–Crippen MR) is 72.1 cm³/mol. The lowest BCUT2D eigenvalue weighted by Crippen LogP contribution is -2.20. The van der Waals surface area contributed by atoms with Gasteiger partial charge in [0.15, 0.2) is 0 Å². The van der Waals surface area contributed by atoms with Gasteiger partial charge in [-0.1, -0.05) is 30.3 Å². The fourth-order valence-corrected chi connectivity index (χ4v) is 1.74. The number of anilines is 2. The van der Waals surface area contributed by atoms with E-state index in [-0.39, 0.29) is 0 Å². The van der Waals surface area contributed by atoms with Crippen molar-refractivity contribution in [2.75, 3.05) is 24.2 Å². The summed E-state index contributed by atoms with van der Waals surface area (Å²) in [6.45, 7) is 0.966. The Labute approximate surface area is 102 Å². The van der Waals surface area contributed by atoms with Crippen molar-refractivity contribution >= 4 is 11.5 Å². The molecular weight excluding hydrogens is 210 g/mol. The van der Waals surface area contributed by atoms with E-state index >= 15 is 0 Å². The number of pyridine rings is 1. The molecule has 0 aliphatic heterocycles. The molecule has 2 rings (SSSR count). The monoisotopic (exact) mass is 227 g/mol. The molecule has 0 saturated carbocycles. The zero-order valence-electron chi connectivity index (χ0n) is 10.0. The Morgan fingerprint density at radius 3 is 2.65 bits per heavy atom. The third-order valence-corrected chi connectivity index (χ3v) is 2.78. The molecule has 3 heteroatoms. The van der Waals surface area contributed by atoms with Crippen LogP contribution in [0, 0.1) is 0 Å². The van der Waals surface area contributed by atoms with E-state index in [9.17, 15) is 0 Å². The SMILES string of the molecule is CN(CCc1ccccc1)c1ccnc(N)c1.